The van der Waals surface area contributed by atoms with Gasteiger partial charge in [-0.2, -0.15) is 0 Å². The molecule has 2 aromatic rings. The van der Waals surface area contributed by atoms with E-state index in [-0.39, 0.29) is 0 Å². The molecule has 0 saturated heterocycles. The largest absolute Gasteiger partial charge is 0.338 e. The minimum atomic E-state index is 0.666. The van der Waals surface area contributed by atoms with Crippen molar-refractivity contribution in [2.24, 2.45) is 7.05 Å². The van der Waals surface area contributed by atoms with E-state index in [1.165, 1.54) is 22.9 Å². The Bertz CT molecular complexity index is 573. The molecular formula is C16H20BrN3. The number of nitrogens with one attached hydrogen (secondary N) is 1. The number of aromatic nitrogens is 2. The molecule has 3 rings (SSSR count). The number of hydrogen-bond donors (Lipinski definition) is 1. The van der Waals surface area contributed by atoms with Crippen LogP contribution in [-0.4, -0.2) is 22.1 Å². The van der Waals surface area contributed by atoms with Crippen LogP contribution in [0.15, 0.2) is 41.1 Å². The van der Waals surface area contributed by atoms with Crippen LogP contribution in [0.1, 0.15) is 30.1 Å². The van der Waals surface area contributed by atoms with E-state index in [0.717, 1.165) is 24.7 Å². The molecule has 0 aliphatic heterocycles. The minimum Gasteiger partial charge on any atom is -0.338 e. The van der Waals surface area contributed by atoms with E-state index >= 15 is 0 Å². The van der Waals surface area contributed by atoms with Gasteiger partial charge < -0.3 is 9.88 Å². The molecule has 0 spiro atoms. The SMILES string of the molecule is Cn1ccnc1CCNC1CC(c2cccc(Br)c2)C1. The van der Waals surface area contributed by atoms with Gasteiger partial charge in [0.1, 0.15) is 5.82 Å². The van der Waals surface area contributed by atoms with Crippen LogP contribution >= 0.6 is 15.9 Å². The van der Waals surface area contributed by atoms with Crippen LogP contribution in [-0.2, 0) is 13.5 Å². The van der Waals surface area contributed by atoms with E-state index in [1.807, 2.05) is 12.4 Å². The number of aryl methyl sites for hydroxylation is 1. The summed E-state index contributed by atoms with van der Waals surface area (Å²) in [5.41, 5.74) is 1.46. The van der Waals surface area contributed by atoms with Crippen LogP contribution in [0, 0.1) is 0 Å². The fraction of sp³-hybridized carbons (Fsp3) is 0.438. The maximum absolute atomic E-state index is 4.35. The van der Waals surface area contributed by atoms with Crippen LogP contribution in [0.2, 0.25) is 0 Å². The maximum Gasteiger partial charge on any atom is 0.109 e. The van der Waals surface area contributed by atoms with Gasteiger partial charge in [0.25, 0.3) is 0 Å². The molecule has 1 heterocycles. The number of imidazole rings is 1. The molecule has 1 aliphatic rings. The Balaban J connectivity index is 1.41. The lowest BCUT2D eigenvalue weighted by molar-refractivity contribution is 0.292. The Morgan fingerprint density at radius 1 is 1.40 bits per heavy atom. The van der Waals surface area contributed by atoms with E-state index in [0.29, 0.717) is 6.04 Å². The molecule has 0 unspecified atom stereocenters. The topological polar surface area (TPSA) is 29.9 Å². The highest BCUT2D eigenvalue weighted by molar-refractivity contribution is 9.10. The van der Waals surface area contributed by atoms with Crippen molar-refractivity contribution in [2.45, 2.75) is 31.2 Å². The highest BCUT2D eigenvalue weighted by atomic mass is 79.9. The maximum atomic E-state index is 4.35. The fourth-order valence-electron chi connectivity index (χ4n) is 2.84. The normalized spacial score (nSPS) is 21.7. The molecule has 0 amide bonds. The predicted octanol–water partition coefficient (Wildman–Crippen LogP) is 3.26. The second-order valence-corrected chi connectivity index (χ2v) is 6.49. The van der Waals surface area contributed by atoms with E-state index in [4.69, 9.17) is 0 Å². The molecule has 106 valence electrons. The van der Waals surface area contributed by atoms with Gasteiger partial charge in [0.15, 0.2) is 0 Å². The molecule has 1 fully saturated rings. The third-order valence-electron chi connectivity index (χ3n) is 4.16. The molecule has 0 radical (unpaired) electrons. The number of halogens is 1. The molecular weight excluding hydrogens is 314 g/mol. The molecule has 1 aromatic heterocycles. The first kappa shape index (κ1) is 13.8. The Morgan fingerprint density at radius 3 is 2.95 bits per heavy atom. The average Bonchev–Trinajstić information content (AvgIpc) is 2.78. The van der Waals surface area contributed by atoms with Crippen molar-refractivity contribution >= 4 is 15.9 Å². The standard InChI is InChI=1S/C16H20BrN3/c1-20-8-7-19-16(20)5-6-18-15-10-13(11-15)12-3-2-4-14(17)9-12/h2-4,7-9,13,15,18H,5-6,10-11H2,1H3. The van der Waals surface area contributed by atoms with Gasteiger partial charge >= 0.3 is 0 Å². The first-order valence-corrected chi connectivity index (χ1v) is 7.96. The molecule has 4 heteroatoms. The van der Waals surface area contributed by atoms with Crippen molar-refractivity contribution in [1.82, 2.24) is 14.9 Å². The van der Waals surface area contributed by atoms with Gasteiger partial charge in [-0.1, -0.05) is 28.1 Å². The van der Waals surface area contributed by atoms with E-state index in [2.05, 4.69) is 62.1 Å². The zero-order valence-electron chi connectivity index (χ0n) is 11.7. The first-order valence-electron chi connectivity index (χ1n) is 7.17. The smallest absolute Gasteiger partial charge is 0.109 e. The highest BCUT2D eigenvalue weighted by Gasteiger charge is 2.29. The van der Waals surface area contributed by atoms with Gasteiger partial charge in [-0.15, -0.1) is 0 Å². The van der Waals surface area contributed by atoms with Crippen LogP contribution < -0.4 is 5.32 Å². The van der Waals surface area contributed by atoms with Crippen LogP contribution in [0.3, 0.4) is 0 Å². The number of nitrogens with zero attached hydrogens (tertiary/aromatic N) is 2. The van der Waals surface area contributed by atoms with E-state index in [9.17, 15) is 0 Å². The first-order chi connectivity index (χ1) is 9.72. The molecule has 0 atom stereocenters. The molecule has 3 nitrogen and oxygen atoms in total. The summed E-state index contributed by atoms with van der Waals surface area (Å²) in [4.78, 5) is 4.35. The Kier molecular flexibility index (Phi) is 4.22. The summed E-state index contributed by atoms with van der Waals surface area (Å²) in [6.07, 6.45) is 7.36. The minimum absolute atomic E-state index is 0.666. The van der Waals surface area contributed by atoms with Crippen molar-refractivity contribution in [3.63, 3.8) is 0 Å². The molecule has 1 saturated carbocycles. The lowest BCUT2D eigenvalue weighted by Gasteiger charge is -2.36. The van der Waals surface area contributed by atoms with Crippen LogP contribution in [0.4, 0.5) is 0 Å². The Labute approximate surface area is 128 Å². The highest BCUT2D eigenvalue weighted by Crippen LogP contribution is 2.37. The van der Waals surface area contributed by atoms with Gasteiger partial charge in [0, 0.05) is 42.9 Å². The summed E-state index contributed by atoms with van der Waals surface area (Å²) in [7, 11) is 2.05. The number of benzene rings is 1. The van der Waals surface area contributed by atoms with Gasteiger partial charge in [-0.25, -0.2) is 4.98 Å². The zero-order valence-corrected chi connectivity index (χ0v) is 13.3. The van der Waals surface area contributed by atoms with Gasteiger partial charge in [0.05, 0.1) is 0 Å². The summed E-state index contributed by atoms with van der Waals surface area (Å²) in [5.74, 6) is 1.87. The van der Waals surface area contributed by atoms with Crippen molar-refractivity contribution in [1.29, 1.82) is 0 Å². The molecule has 0 bridgehead atoms. The molecule has 1 N–H and O–H groups in total. The van der Waals surface area contributed by atoms with Gasteiger partial charge in [-0.3, -0.25) is 0 Å². The molecule has 1 aliphatic carbocycles. The third kappa shape index (κ3) is 3.13. The van der Waals surface area contributed by atoms with Gasteiger partial charge in [-0.05, 0) is 36.5 Å². The lowest BCUT2D eigenvalue weighted by Crippen LogP contribution is -2.41. The Morgan fingerprint density at radius 2 is 2.25 bits per heavy atom. The van der Waals surface area contributed by atoms with Crippen molar-refractivity contribution in [2.75, 3.05) is 6.54 Å². The fourth-order valence-corrected chi connectivity index (χ4v) is 3.26. The monoisotopic (exact) mass is 333 g/mol. The average molecular weight is 334 g/mol. The van der Waals surface area contributed by atoms with E-state index in [1.54, 1.807) is 0 Å². The summed E-state index contributed by atoms with van der Waals surface area (Å²) < 4.78 is 3.27. The quantitative estimate of drug-likeness (QED) is 0.910. The van der Waals surface area contributed by atoms with Crippen molar-refractivity contribution < 1.29 is 0 Å². The number of hydrogen-bond acceptors (Lipinski definition) is 2. The second-order valence-electron chi connectivity index (χ2n) is 5.58. The van der Waals surface area contributed by atoms with Crippen molar-refractivity contribution in [3.8, 4) is 0 Å². The summed E-state index contributed by atoms with van der Waals surface area (Å²) in [5, 5.41) is 3.63. The van der Waals surface area contributed by atoms with Crippen LogP contribution in [0.5, 0.6) is 0 Å². The zero-order chi connectivity index (χ0) is 13.9. The predicted molar refractivity (Wildman–Crippen MR) is 84.8 cm³/mol. The van der Waals surface area contributed by atoms with Gasteiger partial charge in [0.2, 0.25) is 0 Å². The molecule has 1 aromatic carbocycles. The number of rotatable bonds is 5. The second kappa shape index (κ2) is 6.10. The van der Waals surface area contributed by atoms with Crippen molar-refractivity contribution in [3.05, 3.63) is 52.5 Å². The van der Waals surface area contributed by atoms with E-state index < -0.39 is 0 Å². The molecule has 20 heavy (non-hydrogen) atoms. The summed E-state index contributed by atoms with van der Waals surface area (Å²) in [6, 6.07) is 9.36. The third-order valence-corrected chi connectivity index (χ3v) is 4.65. The summed E-state index contributed by atoms with van der Waals surface area (Å²) in [6.45, 7) is 1.01. The lowest BCUT2D eigenvalue weighted by atomic mass is 9.76. The summed E-state index contributed by atoms with van der Waals surface area (Å²) >= 11 is 3.54. The van der Waals surface area contributed by atoms with Crippen LogP contribution in [0.25, 0.3) is 0 Å². The Hall–Kier alpha value is -1.13.